The molecule has 4 heteroatoms. The first kappa shape index (κ1) is 12.4. The fourth-order valence-corrected chi connectivity index (χ4v) is 2.89. The minimum Gasteiger partial charge on any atom is -0.497 e. The zero-order valence-corrected chi connectivity index (χ0v) is 11.1. The van der Waals surface area contributed by atoms with E-state index in [4.69, 9.17) is 4.74 Å². The second kappa shape index (κ2) is 5.43. The summed E-state index contributed by atoms with van der Waals surface area (Å²) in [6.45, 7) is 2.03. The van der Waals surface area contributed by atoms with Crippen LogP contribution in [-0.2, 0) is 3.66 Å². The second-order valence-electron chi connectivity index (χ2n) is 2.87. The van der Waals surface area contributed by atoms with Crippen LogP contribution in [0.4, 0.5) is 0 Å². The van der Waals surface area contributed by atoms with Gasteiger partial charge in [-0.2, -0.15) is 5.26 Å². The molecule has 0 heterocycles. The van der Waals surface area contributed by atoms with Crippen molar-refractivity contribution in [2.24, 2.45) is 0 Å². The molecule has 0 aliphatic carbocycles. The van der Waals surface area contributed by atoms with Gasteiger partial charge >= 0.3 is 0 Å². The molecule has 0 amide bonds. The van der Waals surface area contributed by atoms with Crippen molar-refractivity contribution in [2.45, 2.75) is 10.6 Å². The van der Waals surface area contributed by atoms with Crippen LogP contribution in [0.1, 0.15) is 12.5 Å². The number of hydrogen-bond donors (Lipinski definition) is 0. The van der Waals surface area contributed by atoms with Gasteiger partial charge in [0.1, 0.15) is 5.75 Å². The lowest BCUT2D eigenvalue weighted by molar-refractivity contribution is 0.414. The Hall–Kier alpha value is -0.660. The number of alkyl halides is 1. The predicted octanol–water partition coefficient (Wildman–Crippen LogP) is 3.52. The smallest absolute Gasteiger partial charge is 0.182 e. The van der Waals surface area contributed by atoms with Gasteiger partial charge in [0, 0.05) is 0 Å². The fraction of sp³-hybridized carbons (Fsp3) is 0.364. The molecule has 2 nitrogen and oxygen atoms in total. The number of rotatable bonds is 4. The van der Waals surface area contributed by atoms with Crippen LogP contribution in [-0.4, -0.2) is 12.9 Å². The second-order valence-corrected chi connectivity index (χ2v) is 6.06. The van der Waals surface area contributed by atoms with Crippen LogP contribution in [0.15, 0.2) is 24.3 Å². The van der Waals surface area contributed by atoms with Gasteiger partial charge in [-0.25, -0.2) is 0 Å². The number of nitrogens with zero attached hydrogens (tertiary/aromatic N) is 1. The fourth-order valence-electron chi connectivity index (χ4n) is 1.20. The number of benzene rings is 1. The normalized spacial score (nSPS) is 14.0. The lowest BCUT2D eigenvalue weighted by Gasteiger charge is -2.18. The maximum Gasteiger partial charge on any atom is 0.182 e. The topological polar surface area (TPSA) is 33.0 Å². The molecule has 1 rings (SSSR count). The highest BCUT2D eigenvalue weighted by molar-refractivity contribution is 9.11. The van der Waals surface area contributed by atoms with Crippen molar-refractivity contribution >= 4 is 27.7 Å². The van der Waals surface area contributed by atoms with Crippen LogP contribution in [0.25, 0.3) is 0 Å². The van der Waals surface area contributed by atoms with Gasteiger partial charge in [-0.15, -0.1) is 11.8 Å². The molecular weight excluding hydrogens is 274 g/mol. The van der Waals surface area contributed by atoms with Gasteiger partial charge in [0.2, 0.25) is 0 Å². The zero-order chi connectivity index (χ0) is 11.3. The lowest BCUT2D eigenvalue weighted by Crippen LogP contribution is -2.10. The van der Waals surface area contributed by atoms with Crippen LogP contribution in [0, 0.1) is 11.3 Å². The summed E-state index contributed by atoms with van der Waals surface area (Å²) in [5.74, 6) is 1.64. The van der Waals surface area contributed by atoms with Crippen molar-refractivity contribution in [1.29, 1.82) is 5.26 Å². The van der Waals surface area contributed by atoms with E-state index in [0.717, 1.165) is 17.1 Å². The molecule has 1 aromatic carbocycles. The van der Waals surface area contributed by atoms with Gasteiger partial charge in [0.25, 0.3) is 0 Å². The van der Waals surface area contributed by atoms with Crippen molar-refractivity contribution in [3.63, 3.8) is 0 Å². The Morgan fingerprint density at radius 2 is 2.33 bits per heavy atom. The molecule has 1 unspecified atom stereocenters. The summed E-state index contributed by atoms with van der Waals surface area (Å²) in [6, 6.07) is 9.82. The van der Waals surface area contributed by atoms with E-state index >= 15 is 0 Å². The van der Waals surface area contributed by atoms with Crippen molar-refractivity contribution in [3.8, 4) is 11.8 Å². The Morgan fingerprint density at radius 3 is 2.87 bits per heavy atom. The van der Waals surface area contributed by atoms with Crippen LogP contribution in [0.5, 0.6) is 5.75 Å². The number of hydrogen-bond acceptors (Lipinski definition) is 3. The van der Waals surface area contributed by atoms with Gasteiger partial charge in [-0.05, 0) is 23.4 Å². The van der Waals surface area contributed by atoms with Crippen molar-refractivity contribution < 1.29 is 4.74 Å². The third-order valence-corrected chi connectivity index (χ3v) is 4.26. The van der Waals surface area contributed by atoms with E-state index in [0.29, 0.717) is 0 Å². The molecule has 0 saturated heterocycles. The quantitative estimate of drug-likeness (QED) is 0.794. The summed E-state index contributed by atoms with van der Waals surface area (Å²) >= 11 is 5.01. The van der Waals surface area contributed by atoms with Crippen LogP contribution < -0.4 is 4.74 Å². The standard InChI is InChI=1S/C11H12BrNOS/c1-3-15-11(12,8-13)9-5-4-6-10(7-9)14-2/h4-7H,3H2,1-2H3. The Morgan fingerprint density at radius 1 is 1.60 bits per heavy atom. The molecule has 0 bridgehead atoms. The molecule has 80 valence electrons. The summed E-state index contributed by atoms with van der Waals surface area (Å²) < 4.78 is 4.46. The molecule has 15 heavy (non-hydrogen) atoms. The molecular formula is C11H12BrNOS. The highest BCUT2D eigenvalue weighted by atomic mass is 79.9. The van der Waals surface area contributed by atoms with E-state index in [2.05, 4.69) is 22.0 Å². The molecule has 0 radical (unpaired) electrons. The van der Waals surface area contributed by atoms with E-state index < -0.39 is 3.66 Å². The summed E-state index contributed by atoms with van der Waals surface area (Å²) in [6.07, 6.45) is 0. The van der Waals surface area contributed by atoms with E-state index in [1.165, 1.54) is 0 Å². The Labute approximate surface area is 103 Å². The molecule has 1 atom stereocenters. The number of thioether (sulfide) groups is 1. The molecule has 0 saturated carbocycles. The number of halogens is 1. The SMILES string of the molecule is CCSC(Br)(C#N)c1cccc(OC)c1. The molecule has 0 aliphatic heterocycles. The average molecular weight is 286 g/mol. The van der Waals surface area contributed by atoms with Gasteiger partial charge in [0.15, 0.2) is 3.66 Å². The van der Waals surface area contributed by atoms with E-state index in [-0.39, 0.29) is 0 Å². The van der Waals surface area contributed by atoms with E-state index in [9.17, 15) is 5.26 Å². The highest BCUT2D eigenvalue weighted by Crippen LogP contribution is 2.42. The number of nitriles is 1. The van der Waals surface area contributed by atoms with Gasteiger partial charge in [0.05, 0.1) is 13.2 Å². The van der Waals surface area contributed by atoms with Gasteiger partial charge < -0.3 is 4.74 Å². The molecule has 0 aromatic heterocycles. The largest absolute Gasteiger partial charge is 0.497 e. The molecule has 1 aromatic rings. The third-order valence-electron chi connectivity index (χ3n) is 1.93. The van der Waals surface area contributed by atoms with Crippen LogP contribution in [0.3, 0.4) is 0 Å². The predicted molar refractivity (Wildman–Crippen MR) is 67.3 cm³/mol. The number of ether oxygens (including phenoxy) is 1. The van der Waals surface area contributed by atoms with Crippen molar-refractivity contribution in [1.82, 2.24) is 0 Å². The highest BCUT2D eigenvalue weighted by Gasteiger charge is 2.28. The Kier molecular flexibility index (Phi) is 4.49. The Bertz CT molecular complexity index is 377. The molecule has 0 fully saturated rings. The number of methoxy groups -OCH3 is 1. The molecule has 0 N–H and O–H groups in total. The third kappa shape index (κ3) is 2.90. The monoisotopic (exact) mass is 285 g/mol. The van der Waals surface area contributed by atoms with E-state index in [1.54, 1.807) is 18.9 Å². The van der Waals surface area contributed by atoms with Gasteiger partial charge in [-0.1, -0.05) is 35.0 Å². The molecule has 0 aliphatic rings. The minimum atomic E-state index is -0.670. The summed E-state index contributed by atoms with van der Waals surface area (Å²) in [5.41, 5.74) is 0.913. The maximum atomic E-state index is 9.17. The first-order chi connectivity index (χ1) is 7.16. The lowest BCUT2D eigenvalue weighted by atomic mass is 10.1. The summed E-state index contributed by atoms with van der Waals surface area (Å²) in [7, 11) is 1.62. The molecule has 0 spiro atoms. The van der Waals surface area contributed by atoms with E-state index in [1.807, 2.05) is 31.2 Å². The van der Waals surface area contributed by atoms with Gasteiger partial charge in [-0.3, -0.25) is 0 Å². The summed E-state index contributed by atoms with van der Waals surface area (Å²) in [4.78, 5) is 0. The first-order valence-corrected chi connectivity index (χ1v) is 6.32. The Balaban J connectivity index is 3.07. The minimum absolute atomic E-state index is 0.670. The maximum absolute atomic E-state index is 9.17. The first-order valence-electron chi connectivity index (χ1n) is 4.55. The zero-order valence-electron chi connectivity index (χ0n) is 8.66. The van der Waals surface area contributed by atoms with Crippen molar-refractivity contribution in [3.05, 3.63) is 29.8 Å². The summed E-state index contributed by atoms with van der Waals surface area (Å²) in [5, 5.41) is 9.17. The van der Waals surface area contributed by atoms with Crippen LogP contribution >= 0.6 is 27.7 Å². The van der Waals surface area contributed by atoms with Crippen molar-refractivity contribution in [2.75, 3.05) is 12.9 Å². The van der Waals surface area contributed by atoms with Crippen LogP contribution in [0.2, 0.25) is 0 Å². The average Bonchev–Trinajstić information content (AvgIpc) is 2.29.